The molecule has 3 aromatic heterocycles. The van der Waals surface area contributed by atoms with Gasteiger partial charge in [-0.15, -0.1) is 0 Å². The molecule has 0 bridgehead atoms. The fourth-order valence-electron chi connectivity index (χ4n) is 3.95. The number of pyridine rings is 2. The van der Waals surface area contributed by atoms with Gasteiger partial charge in [0.2, 0.25) is 0 Å². The molecule has 150 valence electrons. The van der Waals surface area contributed by atoms with Crippen LogP contribution in [0.3, 0.4) is 0 Å². The fourth-order valence-corrected chi connectivity index (χ4v) is 3.95. The highest BCUT2D eigenvalue weighted by Crippen LogP contribution is 2.41. The second kappa shape index (κ2) is 6.51. The van der Waals surface area contributed by atoms with E-state index in [0.29, 0.717) is 33.2 Å². The van der Waals surface area contributed by atoms with Crippen LogP contribution in [0, 0.1) is 11.2 Å². The summed E-state index contributed by atoms with van der Waals surface area (Å²) in [5.74, 6) is -0.315. The lowest BCUT2D eigenvalue weighted by Crippen LogP contribution is -2.23. The zero-order valence-electron chi connectivity index (χ0n) is 16.2. The van der Waals surface area contributed by atoms with Crippen molar-refractivity contribution in [3.63, 3.8) is 0 Å². The molecule has 1 aliphatic rings. The first-order valence-electron chi connectivity index (χ1n) is 9.23. The first-order chi connectivity index (χ1) is 14.6. The molecular formula is C21H17FN6O2. The monoisotopic (exact) mass is 404 g/mol. The summed E-state index contributed by atoms with van der Waals surface area (Å²) in [5, 5.41) is 11.1. The van der Waals surface area contributed by atoms with Crippen molar-refractivity contribution in [3.05, 3.63) is 64.4 Å². The Bertz CT molecular complexity index is 1450. The molecule has 0 saturated heterocycles. The smallest absolute Gasteiger partial charge is 0.333 e. The lowest BCUT2D eigenvalue weighted by molar-refractivity contribution is 0.306. The second-order valence-corrected chi connectivity index (χ2v) is 6.95. The van der Waals surface area contributed by atoms with Crippen molar-refractivity contribution in [1.29, 1.82) is 5.41 Å². The predicted molar refractivity (Wildman–Crippen MR) is 112 cm³/mol. The van der Waals surface area contributed by atoms with Crippen LogP contribution in [0.2, 0.25) is 0 Å². The summed E-state index contributed by atoms with van der Waals surface area (Å²) in [7, 11) is 3.33. The Kier molecular flexibility index (Phi) is 3.92. The van der Waals surface area contributed by atoms with Crippen molar-refractivity contribution in [1.82, 2.24) is 24.4 Å². The van der Waals surface area contributed by atoms with Crippen LogP contribution in [0.4, 0.5) is 4.39 Å². The number of rotatable bonds is 3. The van der Waals surface area contributed by atoms with Gasteiger partial charge in [-0.3, -0.25) is 19.1 Å². The highest BCUT2D eigenvalue weighted by molar-refractivity contribution is 6.15. The third-order valence-electron chi connectivity index (χ3n) is 5.33. The fraction of sp³-hybridized carbons (Fsp3) is 0.143. The van der Waals surface area contributed by atoms with Gasteiger partial charge in [0.15, 0.2) is 0 Å². The van der Waals surface area contributed by atoms with E-state index in [9.17, 15) is 4.79 Å². The van der Waals surface area contributed by atoms with Gasteiger partial charge in [0.1, 0.15) is 18.2 Å². The van der Waals surface area contributed by atoms with Gasteiger partial charge in [0.25, 0.3) is 0 Å². The summed E-state index contributed by atoms with van der Waals surface area (Å²) in [4.78, 5) is 21.7. The molecule has 8 nitrogen and oxygen atoms in total. The Morgan fingerprint density at radius 3 is 3.00 bits per heavy atom. The minimum atomic E-state index is -0.560. The van der Waals surface area contributed by atoms with E-state index in [4.69, 9.17) is 10.1 Å². The van der Waals surface area contributed by atoms with E-state index in [0.717, 1.165) is 11.8 Å². The molecular weight excluding hydrogens is 387 g/mol. The van der Waals surface area contributed by atoms with Crippen LogP contribution < -0.4 is 15.7 Å². The molecule has 0 aliphatic carbocycles. The molecule has 30 heavy (non-hydrogen) atoms. The van der Waals surface area contributed by atoms with Crippen molar-refractivity contribution in [3.8, 4) is 11.4 Å². The molecule has 1 aliphatic heterocycles. The van der Waals surface area contributed by atoms with Crippen LogP contribution >= 0.6 is 0 Å². The Labute approximate surface area is 169 Å². The average molecular weight is 404 g/mol. The lowest BCUT2D eigenvalue weighted by atomic mass is 10.0. The van der Waals surface area contributed by atoms with Crippen molar-refractivity contribution < 1.29 is 9.13 Å². The normalized spacial score (nSPS) is 13.1. The maximum Gasteiger partial charge on any atom is 0.333 e. The van der Waals surface area contributed by atoms with E-state index in [-0.39, 0.29) is 23.6 Å². The van der Waals surface area contributed by atoms with Crippen molar-refractivity contribution >= 4 is 33.7 Å². The first kappa shape index (κ1) is 18.0. The summed E-state index contributed by atoms with van der Waals surface area (Å²) < 4.78 is 24.4. The number of benzene rings is 1. The van der Waals surface area contributed by atoms with Gasteiger partial charge in [-0.05, 0) is 6.07 Å². The minimum absolute atomic E-state index is 0.103. The molecule has 0 radical (unpaired) electrons. The van der Waals surface area contributed by atoms with E-state index >= 15 is 4.39 Å². The first-order valence-corrected chi connectivity index (χ1v) is 9.23. The molecule has 0 fully saturated rings. The second-order valence-electron chi connectivity index (χ2n) is 6.95. The summed E-state index contributed by atoms with van der Waals surface area (Å²) in [6.45, 7) is 0.103. The Balaban J connectivity index is 2.07. The number of allylic oxidation sites excluding steroid dienone is 1. The van der Waals surface area contributed by atoms with Crippen LogP contribution in [-0.2, 0) is 13.7 Å². The number of nitrogens with one attached hydrogen (secondary N) is 2. The third kappa shape index (κ3) is 2.32. The van der Waals surface area contributed by atoms with Crippen molar-refractivity contribution in [2.24, 2.45) is 7.05 Å². The van der Waals surface area contributed by atoms with Gasteiger partial charge < -0.3 is 15.5 Å². The highest BCUT2D eigenvalue weighted by atomic mass is 19.1. The molecule has 2 N–H and O–H groups in total. The Morgan fingerprint density at radius 2 is 2.23 bits per heavy atom. The standard InChI is InChI=1S/C21H17FN6O2/c1-24-7-12(6-23)17-13(22)5-14-18-19-16(9-26-14)27(2)21(29)28(19)15-8-25-4-3-11(15)10-30-20(17)18/h3-9,23-24H,10H2,1-2H3/b12-7+,23-6?. The summed E-state index contributed by atoms with van der Waals surface area (Å²) in [5.41, 5.74) is 3.04. The average Bonchev–Trinajstić information content (AvgIpc) is 2.99. The predicted octanol–water partition coefficient (Wildman–Crippen LogP) is 2.51. The van der Waals surface area contributed by atoms with Crippen molar-refractivity contribution in [2.45, 2.75) is 6.61 Å². The van der Waals surface area contributed by atoms with E-state index in [1.54, 1.807) is 43.3 Å². The number of nitrogens with zero attached hydrogens (tertiary/aromatic N) is 4. The Morgan fingerprint density at radius 1 is 1.40 bits per heavy atom. The minimum Gasteiger partial charge on any atom is -0.487 e. The van der Waals surface area contributed by atoms with E-state index < -0.39 is 5.82 Å². The molecule has 0 saturated carbocycles. The van der Waals surface area contributed by atoms with Gasteiger partial charge in [-0.1, -0.05) is 0 Å². The maximum absolute atomic E-state index is 15.2. The van der Waals surface area contributed by atoms with Gasteiger partial charge in [-0.2, -0.15) is 0 Å². The van der Waals surface area contributed by atoms with Gasteiger partial charge >= 0.3 is 5.69 Å². The van der Waals surface area contributed by atoms with Crippen LogP contribution in [0.5, 0.6) is 5.75 Å². The summed E-state index contributed by atoms with van der Waals surface area (Å²) in [6, 6.07) is 3.07. The lowest BCUT2D eigenvalue weighted by Gasteiger charge is -2.20. The topological polar surface area (TPSA) is 97.8 Å². The number of imidazole rings is 1. The molecule has 0 amide bonds. The van der Waals surface area contributed by atoms with E-state index in [2.05, 4.69) is 15.3 Å². The SMILES string of the molecule is CN/C=C(\C=N)c1c(F)cc2ncc3c4c2c1OCc1ccncc1-n4c(=O)n3C. The van der Waals surface area contributed by atoms with E-state index in [1.807, 2.05) is 0 Å². The largest absolute Gasteiger partial charge is 0.487 e. The molecule has 4 aromatic rings. The number of hydrogen-bond donors (Lipinski definition) is 2. The van der Waals surface area contributed by atoms with Crippen LogP contribution in [0.15, 0.2) is 41.7 Å². The zero-order valence-corrected chi connectivity index (χ0v) is 16.2. The van der Waals surface area contributed by atoms with Crippen LogP contribution in [0.25, 0.3) is 33.2 Å². The van der Waals surface area contributed by atoms with E-state index in [1.165, 1.54) is 16.8 Å². The number of ether oxygens (including phenoxy) is 1. The number of halogens is 1. The molecule has 9 heteroatoms. The van der Waals surface area contributed by atoms with Crippen LogP contribution in [0.1, 0.15) is 11.1 Å². The molecule has 4 heterocycles. The molecule has 5 rings (SSSR count). The number of aromatic nitrogens is 4. The summed E-state index contributed by atoms with van der Waals surface area (Å²) in [6.07, 6.45) is 7.37. The van der Waals surface area contributed by atoms with Gasteiger partial charge in [0.05, 0.1) is 45.6 Å². The maximum atomic E-state index is 15.2. The molecule has 0 atom stereocenters. The summed E-state index contributed by atoms with van der Waals surface area (Å²) >= 11 is 0. The quantitative estimate of drug-likeness (QED) is 0.512. The zero-order chi connectivity index (χ0) is 21.0. The molecule has 1 aromatic carbocycles. The van der Waals surface area contributed by atoms with Crippen molar-refractivity contribution in [2.75, 3.05) is 7.05 Å². The highest BCUT2D eigenvalue weighted by Gasteiger charge is 2.27. The molecule has 0 unspecified atom stereocenters. The molecule has 0 spiro atoms. The van der Waals surface area contributed by atoms with Gasteiger partial charge in [-0.25, -0.2) is 9.18 Å². The number of hydrogen-bond acceptors (Lipinski definition) is 6. The number of aryl methyl sites for hydroxylation is 1. The van der Waals surface area contributed by atoms with Gasteiger partial charge in [0, 0.05) is 49.9 Å². The third-order valence-corrected chi connectivity index (χ3v) is 5.33. The number of fused-ring (bicyclic) bond motifs is 2. The van der Waals surface area contributed by atoms with Crippen LogP contribution in [-0.4, -0.2) is 32.4 Å². The Hall–Kier alpha value is -4.01.